The van der Waals surface area contributed by atoms with Gasteiger partial charge in [0.15, 0.2) is 0 Å². The van der Waals surface area contributed by atoms with Crippen molar-refractivity contribution in [3.8, 4) is 0 Å². The summed E-state index contributed by atoms with van der Waals surface area (Å²) in [7, 11) is 0. The average molecular weight is 268 g/mol. The van der Waals surface area contributed by atoms with E-state index in [0.29, 0.717) is 11.8 Å². The summed E-state index contributed by atoms with van der Waals surface area (Å²) in [5, 5.41) is 10.9. The Morgan fingerprint density at radius 1 is 1.42 bits per heavy atom. The molecule has 2 unspecified atom stereocenters. The quantitative estimate of drug-likeness (QED) is 0.413. The molecule has 1 heterocycles. The summed E-state index contributed by atoms with van der Waals surface area (Å²) in [6.07, 6.45) is 5.99. The van der Waals surface area contributed by atoms with E-state index in [9.17, 15) is 5.11 Å². The zero-order chi connectivity index (χ0) is 14.2. The number of allylic oxidation sites excluding steroid dienone is 1. The SMILES string of the molecule is CC(C)/C=C\C1O[C@H]2C[C@@H](C)CC(NN)[C@H]2[C@@]1(C)O. The second-order valence-corrected chi connectivity index (χ2v) is 6.83. The second-order valence-electron chi connectivity index (χ2n) is 6.83. The summed E-state index contributed by atoms with van der Waals surface area (Å²) < 4.78 is 6.10. The molecule has 2 fully saturated rings. The lowest BCUT2D eigenvalue weighted by molar-refractivity contribution is -0.0232. The largest absolute Gasteiger partial charge is 0.387 e. The molecule has 1 saturated heterocycles. The van der Waals surface area contributed by atoms with Crippen molar-refractivity contribution in [1.29, 1.82) is 0 Å². The minimum absolute atomic E-state index is 0.0653. The highest BCUT2D eigenvalue weighted by atomic mass is 16.5. The van der Waals surface area contributed by atoms with Crippen LogP contribution in [0.1, 0.15) is 40.5 Å². The monoisotopic (exact) mass is 268 g/mol. The molecule has 2 aliphatic rings. The molecule has 0 amide bonds. The van der Waals surface area contributed by atoms with Crippen molar-refractivity contribution in [2.24, 2.45) is 23.6 Å². The normalized spacial score (nSPS) is 47.0. The third-order valence-corrected chi connectivity index (χ3v) is 4.58. The number of nitrogens with one attached hydrogen (secondary N) is 1. The fraction of sp³-hybridized carbons (Fsp3) is 0.867. The maximum atomic E-state index is 10.9. The molecule has 110 valence electrons. The van der Waals surface area contributed by atoms with Crippen molar-refractivity contribution in [3.63, 3.8) is 0 Å². The predicted octanol–water partition coefficient (Wildman–Crippen LogP) is 1.59. The van der Waals surface area contributed by atoms with Crippen LogP contribution in [0.15, 0.2) is 12.2 Å². The first-order chi connectivity index (χ1) is 8.86. The third kappa shape index (κ3) is 2.87. The van der Waals surface area contributed by atoms with Gasteiger partial charge < -0.3 is 9.84 Å². The van der Waals surface area contributed by atoms with Crippen LogP contribution in [0.3, 0.4) is 0 Å². The smallest absolute Gasteiger partial charge is 0.105 e. The number of hydrazine groups is 1. The average Bonchev–Trinajstić information content (AvgIpc) is 2.56. The van der Waals surface area contributed by atoms with E-state index in [0.717, 1.165) is 12.8 Å². The van der Waals surface area contributed by atoms with E-state index < -0.39 is 5.60 Å². The first-order valence-electron chi connectivity index (χ1n) is 7.38. The molecule has 0 aromatic carbocycles. The lowest BCUT2D eigenvalue weighted by Crippen LogP contribution is -2.56. The minimum atomic E-state index is -0.854. The molecule has 1 saturated carbocycles. The van der Waals surface area contributed by atoms with E-state index >= 15 is 0 Å². The molecular weight excluding hydrogens is 240 g/mol. The predicted molar refractivity (Wildman–Crippen MR) is 76.3 cm³/mol. The van der Waals surface area contributed by atoms with E-state index in [2.05, 4.69) is 32.3 Å². The van der Waals surface area contributed by atoms with Gasteiger partial charge >= 0.3 is 0 Å². The van der Waals surface area contributed by atoms with E-state index in [1.54, 1.807) is 0 Å². The Hall–Kier alpha value is -0.420. The Bertz CT molecular complexity index is 341. The number of fused-ring (bicyclic) bond motifs is 1. The van der Waals surface area contributed by atoms with Gasteiger partial charge in [-0.05, 0) is 31.6 Å². The van der Waals surface area contributed by atoms with E-state index in [-0.39, 0.29) is 24.2 Å². The number of rotatable bonds is 3. The molecule has 0 aromatic heterocycles. The molecule has 1 aliphatic carbocycles. The van der Waals surface area contributed by atoms with Crippen LogP contribution in [0.5, 0.6) is 0 Å². The molecule has 4 N–H and O–H groups in total. The molecule has 6 atom stereocenters. The number of aliphatic hydroxyl groups is 1. The van der Waals surface area contributed by atoms with Gasteiger partial charge in [-0.2, -0.15) is 0 Å². The van der Waals surface area contributed by atoms with Crippen LogP contribution in [0.4, 0.5) is 0 Å². The highest BCUT2D eigenvalue weighted by molar-refractivity contribution is 5.13. The van der Waals surface area contributed by atoms with Crippen LogP contribution in [-0.2, 0) is 4.74 Å². The van der Waals surface area contributed by atoms with Gasteiger partial charge in [-0.25, -0.2) is 0 Å². The van der Waals surface area contributed by atoms with Gasteiger partial charge in [-0.15, -0.1) is 0 Å². The summed E-state index contributed by atoms with van der Waals surface area (Å²) in [6, 6.07) is 0.126. The number of nitrogens with two attached hydrogens (primary N) is 1. The topological polar surface area (TPSA) is 67.5 Å². The van der Waals surface area contributed by atoms with Crippen LogP contribution in [-0.4, -0.2) is 29.0 Å². The Morgan fingerprint density at radius 2 is 2.11 bits per heavy atom. The lowest BCUT2D eigenvalue weighted by Gasteiger charge is -2.40. The van der Waals surface area contributed by atoms with Gasteiger partial charge in [0.1, 0.15) is 6.10 Å². The Kier molecular flexibility index (Phi) is 4.35. The first-order valence-corrected chi connectivity index (χ1v) is 7.38. The van der Waals surface area contributed by atoms with Crippen molar-refractivity contribution in [3.05, 3.63) is 12.2 Å². The standard InChI is InChI=1S/C15H28N2O2/c1-9(2)5-6-13-15(4,18)14-11(17-16)7-10(3)8-12(14)19-13/h5-6,9-14,17-18H,7-8,16H2,1-4H3/b6-5-/t10-,11?,12-,13?,14+,15-/m0/s1. The molecule has 2 rings (SSSR count). The van der Waals surface area contributed by atoms with Crippen molar-refractivity contribution in [2.75, 3.05) is 0 Å². The highest BCUT2D eigenvalue weighted by Gasteiger charge is 2.56. The molecule has 0 bridgehead atoms. The summed E-state index contributed by atoms with van der Waals surface area (Å²) >= 11 is 0. The fourth-order valence-corrected chi connectivity index (χ4v) is 3.65. The molecule has 0 aromatic rings. The minimum Gasteiger partial charge on any atom is -0.387 e. The molecule has 0 spiro atoms. The molecule has 0 radical (unpaired) electrons. The van der Waals surface area contributed by atoms with Gasteiger partial charge in [0.2, 0.25) is 0 Å². The van der Waals surface area contributed by atoms with Gasteiger partial charge in [0.05, 0.1) is 11.7 Å². The van der Waals surface area contributed by atoms with Crippen LogP contribution < -0.4 is 11.3 Å². The maximum absolute atomic E-state index is 10.9. The van der Waals surface area contributed by atoms with Crippen LogP contribution in [0.2, 0.25) is 0 Å². The second kappa shape index (κ2) is 5.52. The van der Waals surface area contributed by atoms with Crippen LogP contribution >= 0.6 is 0 Å². The van der Waals surface area contributed by atoms with Gasteiger partial charge in [0, 0.05) is 12.0 Å². The Balaban J connectivity index is 2.20. The number of hydrogen-bond acceptors (Lipinski definition) is 4. The maximum Gasteiger partial charge on any atom is 0.105 e. The lowest BCUT2D eigenvalue weighted by atomic mass is 9.70. The van der Waals surface area contributed by atoms with Crippen molar-refractivity contribution >= 4 is 0 Å². The Labute approximate surface area is 116 Å². The van der Waals surface area contributed by atoms with E-state index in [4.69, 9.17) is 10.6 Å². The van der Waals surface area contributed by atoms with Gasteiger partial charge in [0.25, 0.3) is 0 Å². The number of hydrogen-bond donors (Lipinski definition) is 3. The summed E-state index contributed by atoms with van der Waals surface area (Å²) in [5.74, 6) is 6.78. The zero-order valence-electron chi connectivity index (χ0n) is 12.5. The van der Waals surface area contributed by atoms with Gasteiger partial charge in [-0.3, -0.25) is 11.3 Å². The molecular formula is C15H28N2O2. The third-order valence-electron chi connectivity index (χ3n) is 4.58. The highest BCUT2D eigenvalue weighted by Crippen LogP contribution is 2.46. The summed E-state index contributed by atoms with van der Waals surface area (Å²) in [5.41, 5.74) is 2.03. The van der Waals surface area contributed by atoms with Crippen LogP contribution in [0, 0.1) is 17.8 Å². The molecule has 1 aliphatic heterocycles. The summed E-state index contributed by atoms with van der Waals surface area (Å²) in [6.45, 7) is 8.35. The number of ether oxygens (including phenoxy) is 1. The summed E-state index contributed by atoms with van der Waals surface area (Å²) in [4.78, 5) is 0. The van der Waals surface area contributed by atoms with Crippen molar-refractivity contribution in [2.45, 2.75) is 64.4 Å². The van der Waals surface area contributed by atoms with E-state index in [1.807, 2.05) is 13.0 Å². The molecule has 19 heavy (non-hydrogen) atoms. The fourth-order valence-electron chi connectivity index (χ4n) is 3.65. The molecule has 4 nitrogen and oxygen atoms in total. The first kappa shape index (κ1) is 15.0. The van der Waals surface area contributed by atoms with Crippen LogP contribution in [0.25, 0.3) is 0 Å². The van der Waals surface area contributed by atoms with E-state index in [1.165, 1.54) is 0 Å². The zero-order valence-corrected chi connectivity index (χ0v) is 12.5. The van der Waals surface area contributed by atoms with Gasteiger partial charge in [-0.1, -0.05) is 32.9 Å². The Morgan fingerprint density at radius 3 is 2.68 bits per heavy atom. The van der Waals surface area contributed by atoms with Crippen molar-refractivity contribution < 1.29 is 9.84 Å². The van der Waals surface area contributed by atoms with Crippen molar-refractivity contribution in [1.82, 2.24) is 5.43 Å². The molecule has 4 heteroatoms.